The lowest BCUT2D eigenvalue weighted by Gasteiger charge is -2.54. The first-order chi connectivity index (χ1) is 23.1. The fourth-order valence-corrected chi connectivity index (χ4v) is 10.7. The average Bonchev–Trinajstić information content (AvgIpc) is 3.05. The molecule has 5 aliphatic rings. The second-order valence-electron chi connectivity index (χ2n) is 14.2. The minimum Gasteiger partial charge on any atom is -0.366 e. The van der Waals surface area contributed by atoms with E-state index in [1.807, 2.05) is 34.9 Å². The highest BCUT2D eigenvalue weighted by atomic mass is 32.2. The van der Waals surface area contributed by atoms with E-state index in [2.05, 4.69) is 15.5 Å². The van der Waals surface area contributed by atoms with Crippen molar-refractivity contribution in [1.82, 2.24) is 18.8 Å². The molecule has 0 spiro atoms. The number of rotatable bonds is 6. The number of nitrogens with one attached hydrogen (secondary N) is 2. The summed E-state index contributed by atoms with van der Waals surface area (Å²) >= 11 is 0. The van der Waals surface area contributed by atoms with Crippen molar-refractivity contribution >= 4 is 33.2 Å². The second-order valence-corrected chi connectivity index (χ2v) is 16.3. The summed E-state index contributed by atoms with van der Waals surface area (Å²) in [5.41, 5.74) is 4.39. The van der Waals surface area contributed by atoms with E-state index < -0.39 is 15.9 Å². The number of benzene rings is 1. The Labute approximate surface area is 278 Å². The third kappa shape index (κ3) is 5.36. The van der Waals surface area contributed by atoms with Crippen molar-refractivity contribution < 1.29 is 18.0 Å². The summed E-state index contributed by atoms with van der Waals surface area (Å²) in [6.07, 6.45) is 2.15. The van der Waals surface area contributed by atoms with Crippen LogP contribution in [0, 0.1) is 17.8 Å². The molecular formula is C35H40N6O6S. The molecule has 3 aromatic rings. The maximum atomic E-state index is 14.1. The first-order valence-corrected chi connectivity index (χ1v) is 18.5. The summed E-state index contributed by atoms with van der Waals surface area (Å²) in [4.78, 5) is 53.5. The molecule has 8 rings (SSSR count). The summed E-state index contributed by atoms with van der Waals surface area (Å²) in [5, 5.41) is 5.84. The van der Waals surface area contributed by atoms with Crippen molar-refractivity contribution in [2.24, 2.45) is 17.8 Å². The van der Waals surface area contributed by atoms with Gasteiger partial charge in [-0.15, -0.1) is 0 Å². The summed E-state index contributed by atoms with van der Waals surface area (Å²) < 4.78 is 32.4. The number of fused-ring (bicyclic) bond motifs is 12. The monoisotopic (exact) mass is 672 g/mol. The van der Waals surface area contributed by atoms with Crippen LogP contribution in [0.3, 0.4) is 0 Å². The average molecular weight is 673 g/mol. The molecule has 2 aromatic heterocycles. The van der Waals surface area contributed by atoms with Crippen molar-refractivity contribution in [3.63, 3.8) is 0 Å². The Kier molecular flexibility index (Phi) is 7.59. The van der Waals surface area contributed by atoms with Gasteiger partial charge >= 0.3 is 0 Å². The van der Waals surface area contributed by atoms with Gasteiger partial charge in [0.15, 0.2) is 0 Å². The normalized spacial score (nSPS) is 27.1. The fourth-order valence-electron chi connectivity index (χ4n) is 9.25. The Morgan fingerprint density at radius 1 is 0.854 bits per heavy atom. The van der Waals surface area contributed by atoms with Crippen molar-refractivity contribution in [2.45, 2.75) is 57.2 Å². The Bertz CT molecular complexity index is 2040. The van der Waals surface area contributed by atoms with Crippen LogP contribution in [0.2, 0.25) is 0 Å². The molecule has 4 bridgehead atoms. The van der Waals surface area contributed by atoms with E-state index in [-0.39, 0.29) is 64.9 Å². The Balaban J connectivity index is 1.03. The predicted molar refractivity (Wildman–Crippen MR) is 181 cm³/mol. The largest absolute Gasteiger partial charge is 0.366 e. The van der Waals surface area contributed by atoms with Gasteiger partial charge in [0.2, 0.25) is 21.8 Å². The van der Waals surface area contributed by atoms with Crippen LogP contribution < -0.4 is 26.7 Å². The Morgan fingerprint density at radius 3 is 2.31 bits per heavy atom. The molecular weight excluding hydrogens is 632 g/mol. The van der Waals surface area contributed by atoms with E-state index in [0.29, 0.717) is 44.8 Å². The maximum Gasteiger partial charge on any atom is 0.250 e. The van der Waals surface area contributed by atoms with Gasteiger partial charge in [-0.3, -0.25) is 19.2 Å². The van der Waals surface area contributed by atoms with E-state index in [0.717, 1.165) is 35.5 Å². The number of carbonyl (C=O) groups is 2. The van der Waals surface area contributed by atoms with Crippen molar-refractivity contribution in [3.8, 4) is 0 Å². The summed E-state index contributed by atoms with van der Waals surface area (Å²) in [7, 11) is -3.67. The second kappa shape index (κ2) is 11.7. The molecule has 0 saturated carbocycles. The fraction of sp³-hybridized carbons (Fsp3) is 0.486. The van der Waals surface area contributed by atoms with Crippen LogP contribution in [0.4, 0.5) is 11.4 Å². The van der Waals surface area contributed by atoms with Gasteiger partial charge in [-0.05, 0) is 67.0 Å². The van der Waals surface area contributed by atoms with Gasteiger partial charge in [0.25, 0.3) is 11.1 Å². The molecule has 6 atom stereocenters. The molecule has 2 unspecified atom stereocenters. The predicted octanol–water partition coefficient (Wildman–Crippen LogP) is 1.70. The number of anilines is 2. The molecule has 12 nitrogen and oxygen atoms in total. The van der Waals surface area contributed by atoms with Crippen molar-refractivity contribution in [2.75, 3.05) is 42.1 Å². The molecule has 7 heterocycles. The number of carbonyl (C=O) groups excluding carboxylic acids is 2. The van der Waals surface area contributed by atoms with E-state index >= 15 is 0 Å². The van der Waals surface area contributed by atoms with E-state index in [1.54, 1.807) is 33.1 Å². The minimum absolute atomic E-state index is 0.0195. The van der Waals surface area contributed by atoms with Crippen LogP contribution >= 0.6 is 0 Å². The summed E-state index contributed by atoms with van der Waals surface area (Å²) in [5.74, 6) is -0.874. The van der Waals surface area contributed by atoms with Crippen LogP contribution in [0.5, 0.6) is 0 Å². The lowest BCUT2D eigenvalue weighted by molar-refractivity contribution is -0.126. The topological polar surface area (TPSA) is 143 Å². The standard InChI is InChI=1S/C35H40N6O6S/c1-21(42)37-26-8-9-30-24(14-26)15-28(34-27-13-23(19-41(30)34)18-40-31(27)5-3-7-33(40)44)35(45)36-10-11-48(46,47)38-16-22-12-25(20-38)29-4-2-6-32(43)39(29)17-22/h2-9,14,22-23,25,27-28,34H,10-13,15-20H2,1H3,(H,36,45)(H,37,42)/t22?,23-,25?,27+,28+,34+/m0/s1. The number of aromatic nitrogens is 2. The third-order valence-corrected chi connectivity index (χ3v) is 12.9. The molecule has 2 fully saturated rings. The smallest absolute Gasteiger partial charge is 0.250 e. The number of piperidine rings is 2. The SMILES string of the molecule is CC(=O)Nc1ccc2c(c1)C[C@@H](C(=O)NCCS(=O)(=O)N1CC3CC(C1)c1cccc(=O)n1C3)[C@H]1[C@@H]3C[C@H](CN21)Cn1c3cccc1=O. The number of pyridine rings is 2. The van der Waals surface area contributed by atoms with Crippen molar-refractivity contribution in [1.29, 1.82) is 0 Å². The number of sulfonamides is 1. The highest BCUT2D eigenvalue weighted by Crippen LogP contribution is 2.48. The molecule has 2 amide bonds. The number of hydrogen-bond acceptors (Lipinski definition) is 7. The highest BCUT2D eigenvalue weighted by Gasteiger charge is 2.50. The third-order valence-electron chi connectivity index (χ3n) is 11.1. The molecule has 5 aliphatic heterocycles. The molecule has 48 heavy (non-hydrogen) atoms. The first-order valence-electron chi connectivity index (χ1n) is 16.9. The van der Waals surface area contributed by atoms with E-state index in [1.165, 1.54) is 6.92 Å². The van der Waals surface area contributed by atoms with E-state index in [4.69, 9.17) is 0 Å². The Hall–Kier alpha value is -4.23. The van der Waals surface area contributed by atoms with Crippen LogP contribution in [0.25, 0.3) is 0 Å². The van der Waals surface area contributed by atoms with Gasteiger partial charge in [-0.25, -0.2) is 12.7 Å². The van der Waals surface area contributed by atoms with Gasteiger partial charge in [-0.2, -0.15) is 0 Å². The van der Waals surface area contributed by atoms with Gasteiger partial charge in [0.05, 0.1) is 11.7 Å². The molecule has 13 heteroatoms. The maximum absolute atomic E-state index is 14.1. The number of amides is 2. The quantitative estimate of drug-likeness (QED) is 0.406. The molecule has 2 N–H and O–H groups in total. The lowest BCUT2D eigenvalue weighted by Crippen LogP contribution is -2.60. The molecule has 2 saturated heterocycles. The minimum atomic E-state index is -3.67. The van der Waals surface area contributed by atoms with Crippen LogP contribution in [-0.2, 0) is 39.1 Å². The summed E-state index contributed by atoms with van der Waals surface area (Å²) in [6, 6.07) is 16.2. The number of nitrogens with zero attached hydrogens (tertiary/aromatic N) is 4. The van der Waals surface area contributed by atoms with Gasteiger partial charge in [0, 0.05) is 99.0 Å². The van der Waals surface area contributed by atoms with Crippen LogP contribution in [-0.4, -0.2) is 71.6 Å². The molecule has 0 radical (unpaired) electrons. The highest BCUT2D eigenvalue weighted by molar-refractivity contribution is 7.89. The van der Waals surface area contributed by atoms with E-state index in [9.17, 15) is 27.6 Å². The molecule has 1 aromatic carbocycles. The first kappa shape index (κ1) is 31.1. The van der Waals surface area contributed by atoms with Gasteiger partial charge in [-0.1, -0.05) is 12.1 Å². The van der Waals surface area contributed by atoms with Gasteiger partial charge in [0.1, 0.15) is 0 Å². The van der Waals surface area contributed by atoms with Crippen LogP contribution in [0.1, 0.15) is 48.6 Å². The molecule has 252 valence electrons. The van der Waals surface area contributed by atoms with Crippen molar-refractivity contribution in [3.05, 3.63) is 92.3 Å². The lowest BCUT2D eigenvalue weighted by atomic mass is 9.69. The summed E-state index contributed by atoms with van der Waals surface area (Å²) in [6.45, 7) is 3.96. The number of hydrogen-bond donors (Lipinski definition) is 2. The van der Waals surface area contributed by atoms with Gasteiger partial charge < -0.3 is 24.7 Å². The molecule has 0 aliphatic carbocycles. The zero-order valence-corrected chi connectivity index (χ0v) is 27.7. The van der Waals surface area contributed by atoms with Crippen LogP contribution in [0.15, 0.2) is 64.2 Å². The Morgan fingerprint density at radius 2 is 1.56 bits per heavy atom. The zero-order valence-electron chi connectivity index (χ0n) is 26.9. The zero-order chi connectivity index (χ0) is 33.3.